The number of nitrogens with zero attached hydrogens (tertiary/aromatic N) is 3. The lowest BCUT2D eigenvalue weighted by Crippen LogP contribution is -2.40. The molecule has 0 spiro atoms. The van der Waals surface area contributed by atoms with Gasteiger partial charge in [-0.1, -0.05) is 11.6 Å². The second-order valence-corrected chi connectivity index (χ2v) is 6.67. The Bertz CT molecular complexity index is 377. The maximum Gasteiger partial charge on any atom is 0.0829 e. The molecule has 102 valence electrons. The molecule has 0 aliphatic heterocycles. The van der Waals surface area contributed by atoms with E-state index >= 15 is 0 Å². The zero-order valence-corrected chi connectivity index (χ0v) is 12.1. The predicted molar refractivity (Wildman–Crippen MR) is 73.3 cm³/mol. The van der Waals surface area contributed by atoms with Crippen molar-refractivity contribution in [1.82, 2.24) is 20.3 Å². The first-order valence-corrected chi connectivity index (χ1v) is 7.04. The topological polar surface area (TPSA) is 42.7 Å². The molecular weight excluding hydrogens is 224 g/mol. The minimum atomic E-state index is 0.222. The highest BCUT2D eigenvalue weighted by molar-refractivity contribution is 4.97. The van der Waals surface area contributed by atoms with E-state index in [4.69, 9.17) is 0 Å². The van der Waals surface area contributed by atoms with E-state index in [9.17, 15) is 0 Å². The Morgan fingerprint density at radius 1 is 1.33 bits per heavy atom. The van der Waals surface area contributed by atoms with Crippen LogP contribution in [0.3, 0.4) is 0 Å². The first-order chi connectivity index (χ1) is 8.44. The van der Waals surface area contributed by atoms with Crippen LogP contribution in [0.15, 0.2) is 6.20 Å². The van der Waals surface area contributed by atoms with E-state index in [0.29, 0.717) is 0 Å². The van der Waals surface area contributed by atoms with Crippen molar-refractivity contribution < 1.29 is 0 Å². The summed E-state index contributed by atoms with van der Waals surface area (Å²) in [4.78, 5) is 0. The molecule has 0 amide bonds. The van der Waals surface area contributed by atoms with Crippen LogP contribution in [0.1, 0.15) is 45.7 Å². The van der Waals surface area contributed by atoms with Gasteiger partial charge in [-0.15, -0.1) is 5.10 Å². The van der Waals surface area contributed by atoms with Crippen LogP contribution in [0.4, 0.5) is 0 Å². The van der Waals surface area contributed by atoms with Gasteiger partial charge in [0.05, 0.1) is 5.69 Å². The maximum atomic E-state index is 4.22. The van der Waals surface area contributed by atoms with Crippen LogP contribution in [0, 0.1) is 11.8 Å². The molecule has 0 aromatic carbocycles. The van der Waals surface area contributed by atoms with Gasteiger partial charge in [0.15, 0.2) is 0 Å². The fraction of sp³-hybridized carbons (Fsp3) is 0.857. The van der Waals surface area contributed by atoms with Gasteiger partial charge in [-0.2, -0.15) is 0 Å². The van der Waals surface area contributed by atoms with Crippen molar-refractivity contribution >= 4 is 0 Å². The fourth-order valence-corrected chi connectivity index (χ4v) is 2.85. The molecule has 4 heteroatoms. The quantitative estimate of drug-likeness (QED) is 0.890. The number of nitrogens with one attached hydrogen (secondary N) is 1. The van der Waals surface area contributed by atoms with Crippen molar-refractivity contribution in [2.75, 3.05) is 6.54 Å². The smallest absolute Gasteiger partial charge is 0.0829 e. The predicted octanol–water partition coefficient (Wildman–Crippen LogP) is 2.16. The molecule has 2 atom stereocenters. The minimum absolute atomic E-state index is 0.222. The molecule has 1 fully saturated rings. The van der Waals surface area contributed by atoms with Crippen molar-refractivity contribution in [1.29, 1.82) is 0 Å². The van der Waals surface area contributed by atoms with Crippen LogP contribution in [-0.4, -0.2) is 27.1 Å². The lowest BCUT2D eigenvalue weighted by molar-refractivity contribution is 0.316. The van der Waals surface area contributed by atoms with E-state index in [-0.39, 0.29) is 5.54 Å². The summed E-state index contributed by atoms with van der Waals surface area (Å²) in [6.07, 6.45) is 7.19. The molecule has 18 heavy (non-hydrogen) atoms. The lowest BCUT2D eigenvalue weighted by Gasteiger charge is -2.26. The number of hydrogen-bond donors (Lipinski definition) is 1. The highest BCUT2D eigenvalue weighted by Crippen LogP contribution is 2.33. The SMILES string of the molecule is Cn1cc(CC2CCCC2CNC(C)(C)C)nn1. The number of rotatable bonds is 4. The summed E-state index contributed by atoms with van der Waals surface area (Å²) in [5.41, 5.74) is 1.37. The first-order valence-electron chi connectivity index (χ1n) is 7.04. The van der Waals surface area contributed by atoms with E-state index < -0.39 is 0 Å². The summed E-state index contributed by atoms with van der Waals surface area (Å²) in [5.74, 6) is 1.57. The number of aryl methyl sites for hydroxylation is 1. The normalized spacial score (nSPS) is 24.7. The molecule has 1 heterocycles. The third-order valence-electron chi connectivity index (χ3n) is 3.83. The molecule has 4 nitrogen and oxygen atoms in total. The van der Waals surface area contributed by atoms with Crippen molar-refractivity contribution in [3.05, 3.63) is 11.9 Å². The second kappa shape index (κ2) is 5.39. The number of aromatic nitrogens is 3. The third-order valence-corrected chi connectivity index (χ3v) is 3.83. The molecule has 1 aliphatic rings. The van der Waals surface area contributed by atoms with E-state index in [1.807, 2.05) is 13.2 Å². The van der Waals surface area contributed by atoms with Gasteiger partial charge >= 0.3 is 0 Å². The summed E-state index contributed by atoms with van der Waals surface area (Å²) >= 11 is 0. The standard InChI is InChI=1S/C14H26N4/c1-14(2,3)15-9-12-7-5-6-11(12)8-13-10-18(4)17-16-13/h10-12,15H,5-9H2,1-4H3. The molecule has 0 saturated heterocycles. The van der Waals surface area contributed by atoms with Crippen LogP contribution < -0.4 is 5.32 Å². The van der Waals surface area contributed by atoms with Crippen LogP contribution in [-0.2, 0) is 13.5 Å². The van der Waals surface area contributed by atoms with Crippen LogP contribution in [0.5, 0.6) is 0 Å². The Morgan fingerprint density at radius 3 is 2.67 bits per heavy atom. The van der Waals surface area contributed by atoms with E-state index in [2.05, 4.69) is 36.4 Å². The van der Waals surface area contributed by atoms with E-state index in [1.54, 1.807) is 4.68 Å². The van der Waals surface area contributed by atoms with Gasteiger partial charge in [0.25, 0.3) is 0 Å². The van der Waals surface area contributed by atoms with Gasteiger partial charge in [-0.3, -0.25) is 4.68 Å². The molecule has 1 aliphatic carbocycles. The van der Waals surface area contributed by atoms with Crippen molar-refractivity contribution in [3.8, 4) is 0 Å². The van der Waals surface area contributed by atoms with Crippen LogP contribution in [0.2, 0.25) is 0 Å². The largest absolute Gasteiger partial charge is 0.312 e. The molecular formula is C14H26N4. The summed E-state index contributed by atoms with van der Waals surface area (Å²) in [6, 6.07) is 0. The van der Waals surface area contributed by atoms with E-state index in [0.717, 1.165) is 30.5 Å². The van der Waals surface area contributed by atoms with Gasteiger partial charge in [0.1, 0.15) is 0 Å². The minimum Gasteiger partial charge on any atom is -0.312 e. The molecule has 1 aromatic rings. The van der Waals surface area contributed by atoms with E-state index in [1.165, 1.54) is 19.3 Å². The van der Waals surface area contributed by atoms with Gasteiger partial charge in [0, 0.05) is 18.8 Å². The Morgan fingerprint density at radius 2 is 2.06 bits per heavy atom. The lowest BCUT2D eigenvalue weighted by atomic mass is 9.91. The second-order valence-electron chi connectivity index (χ2n) is 6.67. The monoisotopic (exact) mass is 250 g/mol. The highest BCUT2D eigenvalue weighted by Gasteiger charge is 2.28. The molecule has 0 bridgehead atoms. The van der Waals surface area contributed by atoms with Crippen molar-refractivity contribution in [2.45, 2.75) is 52.0 Å². The average molecular weight is 250 g/mol. The average Bonchev–Trinajstić information content (AvgIpc) is 2.85. The summed E-state index contributed by atoms with van der Waals surface area (Å²) in [7, 11) is 1.93. The Kier molecular flexibility index (Phi) is 4.05. The van der Waals surface area contributed by atoms with Crippen LogP contribution in [0.25, 0.3) is 0 Å². The summed E-state index contributed by atoms with van der Waals surface area (Å²) < 4.78 is 1.80. The molecule has 1 saturated carbocycles. The maximum absolute atomic E-state index is 4.22. The molecule has 2 unspecified atom stereocenters. The van der Waals surface area contributed by atoms with Crippen molar-refractivity contribution in [2.24, 2.45) is 18.9 Å². The fourth-order valence-electron chi connectivity index (χ4n) is 2.85. The Balaban J connectivity index is 1.87. The Hall–Kier alpha value is -0.900. The highest BCUT2D eigenvalue weighted by atomic mass is 15.4. The zero-order valence-electron chi connectivity index (χ0n) is 12.1. The van der Waals surface area contributed by atoms with Gasteiger partial charge in [-0.05, 0) is 58.4 Å². The van der Waals surface area contributed by atoms with Gasteiger partial charge in [0.2, 0.25) is 0 Å². The third kappa shape index (κ3) is 3.80. The first kappa shape index (κ1) is 13.5. The molecule has 1 aromatic heterocycles. The number of hydrogen-bond acceptors (Lipinski definition) is 3. The molecule has 1 N–H and O–H groups in total. The summed E-state index contributed by atoms with van der Waals surface area (Å²) in [5, 5.41) is 11.9. The van der Waals surface area contributed by atoms with Gasteiger partial charge < -0.3 is 5.32 Å². The van der Waals surface area contributed by atoms with Crippen molar-refractivity contribution in [3.63, 3.8) is 0 Å². The zero-order chi connectivity index (χ0) is 13.2. The Labute approximate surface area is 110 Å². The van der Waals surface area contributed by atoms with Crippen LogP contribution >= 0.6 is 0 Å². The summed E-state index contributed by atoms with van der Waals surface area (Å²) in [6.45, 7) is 7.84. The molecule has 2 rings (SSSR count). The van der Waals surface area contributed by atoms with Gasteiger partial charge in [-0.25, -0.2) is 0 Å². The molecule has 0 radical (unpaired) electrons.